The van der Waals surface area contributed by atoms with Gasteiger partial charge in [0.25, 0.3) is 0 Å². The summed E-state index contributed by atoms with van der Waals surface area (Å²) in [7, 11) is 1.98. The SMILES string of the molecule is CN(C(N)=NCC(C)(C)c1cccc(F)c1)C1CC1.I. The predicted molar refractivity (Wildman–Crippen MR) is 92.1 cm³/mol. The third-order valence-corrected chi connectivity index (χ3v) is 3.70. The van der Waals surface area contributed by atoms with E-state index in [-0.39, 0.29) is 35.2 Å². The van der Waals surface area contributed by atoms with E-state index in [1.807, 2.05) is 18.0 Å². The summed E-state index contributed by atoms with van der Waals surface area (Å²) in [6.07, 6.45) is 2.39. The number of rotatable bonds is 4. The van der Waals surface area contributed by atoms with E-state index < -0.39 is 0 Å². The number of guanidine groups is 1. The largest absolute Gasteiger partial charge is 0.370 e. The third-order valence-electron chi connectivity index (χ3n) is 3.70. The smallest absolute Gasteiger partial charge is 0.191 e. The fourth-order valence-corrected chi connectivity index (χ4v) is 2.04. The zero-order valence-electron chi connectivity index (χ0n) is 12.3. The molecule has 20 heavy (non-hydrogen) atoms. The van der Waals surface area contributed by atoms with Gasteiger partial charge in [-0.3, -0.25) is 4.99 Å². The van der Waals surface area contributed by atoms with Gasteiger partial charge in [0.2, 0.25) is 0 Å². The number of hydrogen-bond acceptors (Lipinski definition) is 1. The first-order valence-electron chi connectivity index (χ1n) is 6.69. The maximum Gasteiger partial charge on any atom is 0.191 e. The summed E-state index contributed by atoms with van der Waals surface area (Å²) in [5.41, 5.74) is 6.69. The minimum atomic E-state index is -0.225. The third kappa shape index (κ3) is 4.33. The van der Waals surface area contributed by atoms with Crippen molar-refractivity contribution in [3.8, 4) is 0 Å². The van der Waals surface area contributed by atoms with E-state index in [9.17, 15) is 4.39 Å². The van der Waals surface area contributed by atoms with E-state index in [4.69, 9.17) is 5.73 Å². The highest BCUT2D eigenvalue weighted by atomic mass is 127. The maximum atomic E-state index is 13.3. The molecule has 1 fully saturated rings. The summed E-state index contributed by atoms with van der Waals surface area (Å²) >= 11 is 0. The van der Waals surface area contributed by atoms with E-state index in [0.29, 0.717) is 18.5 Å². The Morgan fingerprint density at radius 2 is 2.10 bits per heavy atom. The fourth-order valence-electron chi connectivity index (χ4n) is 2.04. The summed E-state index contributed by atoms with van der Waals surface area (Å²) < 4.78 is 13.3. The molecule has 0 bridgehead atoms. The van der Waals surface area contributed by atoms with Crippen LogP contribution in [0.1, 0.15) is 32.3 Å². The van der Waals surface area contributed by atoms with Crippen molar-refractivity contribution < 1.29 is 4.39 Å². The first-order chi connectivity index (χ1) is 8.90. The molecule has 1 aliphatic carbocycles. The average Bonchev–Trinajstić information content (AvgIpc) is 3.19. The molecule has 0 radical (unpaired) electrons. The molecule has 1 aromatic carbocycles. The highest BCUT2D eigenvalue weighted by molar-refractivity contribution is 14.0. The molecule has 1 saturated carbocycles. The van der Waals surface area contributed by atoms with Crippen molar-refractivity contribution in [2.75, 3.05) is 13.6 Å². The highest BCUT2D eigenvalue weighted by Gasteiger charge is 2.28. The summed E-state index contributed by atoms with van der Waals surface area (Å²) in [5.74, 6) is 0.365. The van der Waals surface area contributed by atoms with Gasteiger partial charge in [-0.1, -0.05) is 26.0 Å². The van der Waals surface area contributed by atoms with Crippen molar-refractivity contribution in [1.29, 1.82) is 0 Å². The van der Waals surface area contributed by atoms with Gasteiger partial charge in [-0.2, -0.15) is 0 Å². The quantitative estimate of drug-likeness (QED) is 0.487. The Morgan fingerprint density at radius 1 is 1.45 bits per heavy atom. The molecule has 0 unspecified atom stereocenters. The molecule has 0 amide bonds. The molecule has 0 saturated heterocycles. The zero-order valence-corrected chi connectivity index (χ0v) is 14.6. The molecule has 3 nitrogen and oxygen atoms in total. The Labute approximate surface area is 137 Å². The standard InChI is InChI=1S/C15H22FN3.HI/c1-15(2,11-5-4-6-12(16)9-11)10-18-14(17)19(3)13-7-8-13;/h4-6,9,13H,7-8,10H2,1-3H3,(H2,17,18);1H. The van der Waals surface area contributed by atoms with Crippen LogP contribution in [-0.2, 0) is 5.41 Å². The number of nitrogens with two attached hydrogens (primary N) is 1. The summed E-state index contributed by atoms with van der Waals surface area (Å²) in [4.78, 5) is 6.49. The van der Waals surface area contributed by atoms with Crippen molar-refractivity contribution in [1.82, 2.24) is 4.90 Å². The molecule has 0 atom stereocenters. The van der Waals surface area contributed by atoms with Crippen molar-refractivity contribution in [2.24, 2.45) is 10.7 Å². The summed E-state index contributed by atoms with van der Waals surface area (Å²) in [5, 5.41) is 0. The average molecular weight is 391 g/mol. The van der Waals surface area contributed by atoms with Gasteiger partial charge < -0.3 is 10.6 Å². The van der Waals surface area contributed by atoms with Crippen LogP contribution in [0.25, 0.3) is 0 Å². The molecular weight excluding hydrogens is 368 g/mol. The molecule has 0 aromatic heterocycles. The molecule has 2 rings (SSSR count). The lowest BCUT2D eigenvalue weighted by molar-refractivity contribution is 0.476. The van der Waals surface area contributed by atoms with Crippen molar-refractivity contribution in [3.05, 3.63) is 35.6 Å². The van der Waals surface area contributed by atoms with Crippen molar-refractivity contribution in [3.63, 3.8) is 0 Å². The van der Waals surface area contributed by atoms with Crippen LogP contribution in [0.2, 0.25) is 0 Å². The number of nitrogens with zero attached hydrogens (tertiary/aromatic N) is 2. The van der Waals surface area contributed by atoms with Crippen molar-refractivity contribution in [2.45, 2.75) is 38.1 Å². The van der Waals surface area contributed by atoms with Gasteiger partial charge in [0, 0.05) is 18.5 Å². The zero-order chi connectivity index (χ0) is 14.0. The maximum absolute atomic E-state index is 13.3. The summed E-state index contributed by atoms with van der Waals surface area (Å²) in [6, 6.07) is 7.24. The molecule has 5 heteroatoms. The van der Waals surface area contributed by atoms with Gasteiger partial charge in [0.15, 0.2) is 5.96 Å². The van der Waals surface area contributed by atoms with E-state index in [1.165, 1.54) is 18.9 Å². The second kappa shape index (κ2) is 6.74. The van der Waals surface area contributed by atoms with Crippen LogP contribution in [0.15, 0.2) is 29.3 Å². The Morgan fingerprint density at radius 3 is 2.65 bits per heavy atom. The van der Waals surface area contributed by atoms with E-state index in [1.54, 1.807) is 12.1 Å². The Hall–Kier alpha value is -0.850. The normalized spacial score (nSPS) is 15.7. The fraction of sp³-hybridized carbons (Fsp3) is 0.533. The first-order valence-corrected chi connectivity index (χ1v) is 6.69. The molecule has 0 aliphatic heterocycles. The number of hydrogen-bond donors (Lipinski definition) is 1. The van der Waals surface area contributed by atoms with Crippen LogP contribution in [0, 0.1) is 5.82 Å². The Kier molecular flexibility index (Phi) is 5.79. The molecule has 1 aromatic rings. The van der Waals surface area contributed by atoms with Gasteiger partial charge in [0.05, 0.1) is 6.54 Å². The predicted octanol–water partition coefficient (Wildman–Crippen LogP) is 3.13. The minimum Gasteiger partial charge on any atom is -0.370 e. The van der Waals surface area contributed by atoms with Gasteiger partial charge >= 0.3 is 0 Å². The molecular formula is C15H23FIN3. The number of aliphatic imine (C=N–C) groups is 1. The topological polar surface area (TPSA) is 41.6 Å². The lowest BCUT2D eigenvalue weighted by Crippen LogP contribution is -2.37. The molecule has 2 N–H and O–H groups in total. The van der Waals surface area contributed by atoms with Crippen LogP contribution >= 0.6 is 24.0 Å². The van der Waals surface area contributed by atoms with Crippen LogP contribution in [0.4, 0.5) is 4.39 Å². The number of halogens is 2. The monoisotopic (exact) mass is 391 g/mol. The van der Waals surface area contributed by atoms with Gasteiger partial charge in [-0.25, -0.2) is 4.39 Å². The highest BCUT2D eigenvalue weighted by Crippen LogP contribution is 2.26. The van der Waals surface area contributed by atoms with E-state index in [2.05, 4.69) is 18.8 Å². The van der Waals surface area contributed by atoms with Crippen LogP contribution in [0.5, 0.6) is 0 Å². The van der Waals surface area contributed by atoms with Gasteiger partial charge in [-0.05, 0) is 30.5 Å². The lowest BCUT2D eigenvalue weighted by atomic mass is 9.85. The van der Waals surface area contributed by atoms with Gasteiger partial charge in [0.1, 0.15) is 5.82 Å². The van der Waals surface area contributed by atoms with Crippen LogP contribution in [0.3, 0.4) is 0 Å². The summed E-state index contributed by atoms with van der Waals surface area (Å²) in [6.45, 7) is 4.66. The molecule has 0 spiro atoms. The number of benzene rings is 1. The van der Waals surface area contributed by atoms with E-state index in [0.717, 1.165) is 5.56 Å². The van der Waals surface area contributed by atoms with Gasteiger partial charge in [-0.15, -0.1) is 24.0 Å². The van der Waals surface area contributed by atoms with E-state index >= 15 is 0 Å². The molecule has 1 aliphatic rings. The molecule has 0 heterocycles. The van der Waals surface area contributed by atoms with Crippen LogP contribution < -0.4 is 5.73 Å². The minimum absolute atomic E-state index is 0. The Balaban J connectivity index is 0.00000200. The Bertz CT molecular complexity index is 484. The first kappa shape index (κ1) is 17.2. The lowest BCUT2D eigenvalue weighted by Gasteiger charge is -2.25. The van der Waals surface area contributed by atoms with Crippen molar-refractivity contribution >= 4 is 29.9 Å². The van der Waals surface area contributed by atoms with Crippen LogP contribution in [-0.4, -0.2) is 30.5 Å². The second-order valence-corrected chi connectivity index (χ2v) is 5.91. The molecule has 112 valence electrons. The second-order valence-electron chi connectivity index (χ2n) is 5.91.